The van der Waals surface area contributed by atoms with E-state index < -0.39 is 0 Å². The first-order valence-electron chi connectivity index (χ1n) is 4.00. The minimum absolute atomic E-state index is 0.668. The summed E-state index contributed by atoms with van der Waals surface area (Å²) in [6, 6.07) is 6.78. The van der Waals surface area contributed by atoms with E-state index in [2.05, 4.69) is 16.4 Å². The molecule has 2 rings (SSSR count). The van der Waals surface area contributed by atoms with Crippen molar-refractivity contribution in [2.45, 2.75) is 18.4 Å². The summed E-state index contributed by atoms with van der Waals surface area (Å²) in [5, 5.41) is 3.25. The van der Waals surface area contributed by atoms with Crippen LogP contribution in [0.1, 0.15) is 18.0 Å². The van der Waals surface area contributed by atoms with Gasteiger partial charge in [0.1, 0.15) is 0 Å². The molecule has 0 spiro atoms. The van der Waals surface area contributed by atoms with Gasteiger partial charge in [-0.05, 0) is 25.6 Å². The Balaban J connectivity index is 2.09. The van der Waals surface area contributed by atoms with Gasteiger partial charge in [0, 0.05) is 23.9 Å². The van der Waals surface area contributed by atoms with E-state index in [0.29, 0.717) is 12.0 Å². The van der Waals surface area contributed by atoms with Gasteiger partial charge in [-0.1, -0.05) is 6.07 Å². The lowest BCUT2D eigenvalue weighted by molar-refractivity contribution is 0.775. The van der Waals surface area contributed by atoms with Crippen molar-refractivity contribution in [2.75, 3.05) is 7.05 Å². The van der Waals surface area contributed by atoms with Gasteiger partial charge in [0.25, 0.3) is 0 Å². The molecule has 1 aliphatic rings. The SMILES string of the molecule is CNC1CC1c1ccccn1. The van der Waals surface area contributed by atoms with Crippen LogP contribution in [0.5, 0.6) is 0 Å². The summed E-state index contributed by atoms with van der Waals surface area (Å²) < 4.78 is 0. The molecule has 1 fully saturated rings. The number of pyridine rings is 1. The van der Waals surface area contributed by atoms with Crippen LogP contribution >= 0.6 is 0 Å². The molecular formula is C9H12N2. The highest BCUT2D eigenvalue weighted by atomic mass is 14.9. The lowest BCUT2D eigenvalue weighted by atomic mass is 10.2. The Labute approximate surface area is 66.7 Å². The van der Waals surface area contributed by atoms with Crippen LogP contribution in [-0.2, 0) is 0 Å². The van der Waals surface area contributed by atoms with Crippen LogP contribution in [0, 0.1) is 0 Å². The third-order valence-corrected chi connectivity index (χ3v) is 2.23. The summed E-state index contributed by atoms with van der Waals surface area (Å²) >= 11 is 0. The fourth-order valence-electron chi connectivity index (χ4n) is 1.44. The van der Waals surface area contributed by atoms with Crippen LogP contribution in [-0.4, -0.2) is 18.1 Å². The zero-order valence-corrected chi connectivity index (χ0v) is 6.62. The Bertz CT molecular complexity index is 233. The topological polar surface area (TPSA) is 24.9 Å². The third kappa shape index (κ3) is 1.26. The van der Waals surface area contributed by atoms with Gasteiger partial charge in [-0.3, -0.25) is 4.98 Å². The Morgan fingerprint density at radius 2 is 2.45 bits per heavy atom. The molecule has 1 saturated carbocycles. The molecule has 58 valence electrons. The van der Waals surface area contributed by atoms with Crippen molar-refractivity contribution in [3.05, 3.63) is 30.1 Å². The second-order valence-corrected chi connectivity index (χ2v) is 2.99. The fourth-order valence-corrected chi connectivity index (χ4v) is 1.44. The van der Waals surface area contributed by atoms with Crippen LogP contribution in [0.4, 0.5) is 0 Å². The van der Waals surface area contributed by atoms with Crippen LogP contribution < -0.4 is 5.32 Å². The van der Waals surface area contributed by atoms with Crippen molar-refractivity contribution < 1.29 is 0 Å². The first-order valence-corrected chi connectivity index (χ1v) is 4.00. The van der Waals surface area contributed by atoms with E-state index in [0.717, 1.165) is 0 Å². The molecule has 2 nitrogen and oxygen atoms in total. The number of nitrogens with zero attached hydrogens (tertiary/aromatic N) is 1. The number of hydrogen-bond donors (Lipinski definition) is 1. The summed E-state index contributed by atoms with van der Waals surface area (Å²) in [6.07, 6.45) is 3.11. The van der Waals surface area contributed by atoms with Crippen molar-refractivity contribution in [2.24, 2.45) is 0 Å². The van der Waals surface area contributed by atoms with Crippen LogP contribution in [0.3, 0.4) is 0 Å². The smallest absolute Gasteiger partial charge is 0.0450 e. The van der Waals surface area contributed by atoms with Crippen molar-refractivity contribution in [1.82, 2.24) is 10.3 Å². The quantitative estimate of drug-likeness (QED) is 0.680. The van der Waals surface area contributed by atoms with Gasteiger partial charge in [-0.15, -0.1) is 0 Å². The molecule has 0 aliphatic heterocycles. The Hall–Kier alpha value is -0.890. The van der Waals surface area contributed by atoms with Gasteiger partial charge in [-0.25, -0.2) is 0 Å². The summed E-state index contributed by atoms with van der Waals surface area (Å²) in [5.41, 5.74) is 1.23. The summed E-state index contributed by atoms with van der Waals surface area (Å²) in [7, 11) is 2.01. The molecule has 2 heteroatoms. The maximum Gasteiger partial charge on any atom is 0.0450 e. The molecule has 0 saturated heterocycles. The normalized spacial score (nSPS) is 28.5. The molecule has 1 aromatic heterocycles. The molecule has 2 unspecified atom stereocenters. The standard InChI is InChI=1S/C9H12N2/c1-10-9-6-7(9)8-4-2-3-5-11-8/h2-5,7,9-10H,6H2,1H3. The zero-order chi connectivity index (χ0) is 7.68. The molecule has 0 aromatic carbocycles. The van der Waals surface area contributed by atoms with Crippen molar-refractivity contribution in [1.29, 1.82) is 0 Å². The first kappa shape index (κ1) is 6.80. The van der Waals surface area contributed by atoms with Crippen LogP contribution in [0.2, 0.25) is 0 Å². The highest BCUT2D eigenvalue weighted by Gasteiger charge is 2.37. The number of rotatable bonds is 2. The van der Waals surface area contributed by atoms with Gasteiger partial charge in [0.05, 0.1) is 0 Å². The molecule has 1 heterocycles. The summed E-state index contributed by atoms with van der Waals surface area (Å²) in [4.78, 5) is 4.30. The molecule has 1 N–H and O–H groups in total. The fraction of sp³-hybridized carbons (Fsp3) is 0.444. The highest BCUT2D eigenvalue weighted by Crippen LogP contribution is 2.38. The summed E-state index contributed by atoms with van der Waals surface area (Å²) in [5.74, 6) is 0.668. The molecule has 0 radical (unpaired) electrons. The van der Waals surface area contributed by atoms with Gasteiger partial charge in [-0.2, -0.15) is 0 Å². The van der Waals surface area contributed by atoms with Gasteiger partial charge in [0.15, 0.2) is 0 Å². The third-order valence-electron chi connectivity index (χ3n) is 2.23. The second-order valence-electron chi connectivity index (χ2n) is 2.99. The second kappa shape index (κ2) is 2.62. The number of aromatic nitrogens is 1. The van der Waals surface area contributed by atoms with Gasteiger partial charge >= 0.3 is 0 Å². The maximum atomic E-state index is 4.30. The van der Waals surface area contributed by atoms with Gasteiger partial charge < -0.3 is 5.32 Å². The average molecular weight is 148 g/mol. The molecule has 11 heavy (non-hydrogen) atoms. The van der Waals surface area contributed by atoms with E-state index in [9.17, 15) is 0 Å². The molecule has 2 atom stereocenters. The summed E-state index contributed by atoms with van der Waals surface area (Å²) in [6.45, 7) is 0. The van der Waals surface area contributed by atoms with Crippen LogP contribution in [0.15, 0.2) is 24.4 Å². The number of hydrogen-bond acceptors (Lipinski definition) is 2. The monoisotopic (exact) mass is 148 g/mol. The molecule has 0 bridgehead atoms. The average Bonchev–Trinajstić information content (AvgIpc) is 2.85. The Morgan fingerprint density at radius 3 is 3.00 bits per heavy atom. The predicted octanol–water partition coefficient (Wildman–Crippen LogP) is 1.16. The van der Waals surface area contributed by atoms with Crippen molar-refractivity contribution in [3.8, 4) is 0 Å². The largest absolute Gasteiger partial charge is 0.316 e. The van der Waals surface area contributed by atoms with Crippen molar-refractivity contribution >= 4 is 0 Å². The molecule has 1 aliphatic carbocycles. The van der Waals surface area contributed by atoms with E-state index in [1.54, 1.807) is 0 Å². The molecule has 0 amide bonds. The predicted molar refractivity (Wildman–Crippen MR) is 44.4 cm³/mol. The van der Waals surface area contributed by atoms with Crippen molar-refractivity contribution in [3.63, 3.8) is 0 Å². The van der Waals surface area contributed by atoms with E-state index in [1.807, 2.05) is 25.4 Å². The van der Waals surface area contributed by atoms with Gasteiger partial charge in [0.2, 0.25) is 0 Å². The van der Waals surface area contributed by atoms with E-state index in [4.69, 9.17) is 0 Å². The number of likely N-dealkylation sites (N-methyl/N-ethyl adjacent to an activating group) is 1. The zero-order valence-electron chi connectivity index (χ0n) is 6.62. The minimum atomic E-state index is 0.668. The lowest BCUT2D eigenvalue weighted by Gasteiger charge is -1.96. The Kier molecular flexibility index (Phi) is 1.62. The number of nitrogens with one attached hydrogen (secondary N) is 1. The Morgan fingerprint density at radius 1 is 1.55 bits per heavy atom. The molecular weight excluding hydrogens is 136 g/mol. The van der Waals surface area contributed by atoms with Crippen LogP contribution in [0.25, 0.3) is 0 Å². The lowest BCUT2D eigenvalue weighted by Crippen LogP contribution is -2.10. The maximum absolute atomic E-state index is 4.30. The minimum Gasteiger partial charge on any atom is -0.316 e. The first-order chi connectivity index (χ1) is 5.42. The van der Waals surface area contributed by atoms with E-state index >= 15 is 0 Å². The molecule has 1 aromatic rings. The highest BCUT2D eigenvalue weighted by molar-refractivity contribution is 5.20. The van der Waals surface area contributed by atoms with E-state index in [-0.39, 0.29) is 0 Å². The van der Waals surface area contributed by atoms with E-state index in [1.165, 1.54) is 12.1 Å².